The number of nitrogens with one attached hydrogen (secondary N) is 3. The first-order chi connectivity index (χ1) is 12.0. The van der Waals surface area contributed by atoms with Crippen LogP contribution in [-0.4, -0.2) is 35.6 Å². The van der Waals surface area contributed by atoms with Gasteiger partial charge in [-0.2, -0.15) is 0 Å². The lowest BCUT2D eigenvalue weighted by atomic mass is 9.95. The van der Waals surface area contributed by atoms with E-state index in [2.05, 4.69) is 16.0 Å². The molecule has 0 unspecified atom stereocenters. The Morgan fingerprint density at radius 3 is 2.32 bits per heavy atom. The van der Waals surface area contributed by atoms with Gasteiger partial charge in [-0.1, -0.05) is 31.4 Å². The third-order valence-corrected chi connectivity index (χ3v) is 4.26. The number of amides is 3. The monoisotopic (exact) mass is 347 g/mol. The summed E-state index contributed by atoms with van der Waals surface area (Å²) >= 11 is 0. The zero-order valence-electron chi connectivity index (χ0n) is 14.2. The van der Waals surface area contributed by atoms with E-state index >= 15 is 0 Å². The number of benzene rings is 1. The standard InChI is InChI=1S/C18H25N3O4/c22-16(21-15-4-2-1-3-5-15)10-11-19-18(25)20-12-13-6-8-14(9-7-13)17(23)24/h6-9,15H,1-5,10-12H2,(H,21,22)(H,23,24)(H2,19,20,25). The Hall–Kier alpha value is -2.57. The molecule has 0 aromatic heterocycles. The molecule has 1 saturated carbocycles. The Morgan fingerprint density at radius 1 is 1.00 bits per heavy atom. The van der Waals surface area contributed by atoms with Crippen molar-refractivity contribution in [2.24, 2.45) is 0 Å². The van der Waals surface area contributed by atoms with E-state index in [0.29, 0.717) is 6.54 Å². The van der Waals surface area contributed by atoms with Crippen LogP contribution < -0.4 is 16.0 Å². The number of carbonyl (C=O) groups excluding carboxylic acids is 2. The Bertz CT molecular complexity index is 595. The largest absolute Gasteiger partial charge is 0.478 e. The van der Waals surface area contributed by atoms with Gasteiger partial charge in [-0.05, 0) is 30.5 Å². The number of rotatable bonds is 7. The summed E-state index contributed by atoms with van der Waals surface area (Å²) in [4.78, 5) is 34.3. The van der Waals surface area contributed by atoms with Crippen LogP contribution in [0.4, 0.5) is 4.79 Å². The summed E-state index contributed by atoms with van der Waals surface area (Å²) in [6.07, 6.45) is 5.92. The van der Waals surface area contributed by atoms with Crippen LogP contribution in [0.5, 0.6) is 0 Å². The number of urea groups is 1. The molecule has 0 atom stereocenters. The molecule has 2 rings (SSSR count). The Labute approximate surface area is 147 Å². The van der Waals surface area contributed by atoms with Gasteiger partial charge in [0.25, 0.3) is 0 Å². The summed E-state index contributed by atoms with van der Waals surface area (Å²) in [6.45, 7) is 0.572. The van der Waals surface area contributed by atoms with Gasteiger partial charge in [0.15, 0.2) is 0 Å². The third-order valence-electron chi connectivity index (χ3n) is 4.26. The number of carboxylic acid groups (broad SMARTS) is 1. The fraction of sp³-hybridized carbons (Fsp3) is 0.500. The molecule has 1 aliphatic carbocycles. The summed E-state index contributed by atoms with van der Waals surface area (Å²) in [6, 6.07) is 6.22. The van der Waals surface area contributed by atoms with E-state index < -0.39 is 5.97 Å². The highest BCUT2D eigenvalue weighted by atomic mass is 16.4. The molecule has 0 aliphatic heterocycles. The van der Waals surface area contributed by atoms with Crippen molar-refractivity contribution < 1.29 is 19.5 Å². The van der Waals surface area contributed by atoms with Gasteiger partial charge in [-0.15, -0.1) is 0 Å². The van der Waals surface area contributed by atoms with Gasteiger partial charge in [0.1, 0.15) is 0 Å². The first kappa shape index (κ1) is 18.8. The molecule has 0 spiro atoms. The first-order valence-electron chi connectivity index (χ1n) is 8.68. The molecule has 1 fully saturated rings. The Balaban J connectivity index is 1.60. The van der Waals surface area contributed by atoms with Crippen LogP contribution in [0, 0.1) is 0 Å². The van der Waals surface area contributed by atoms with Gasteiger partial charge in [0.2, 0.25) is 5.91 Å². The molecule has 7 nitrogen and oxygen atoms in total. The van der Waals surface area contributed by atoms with E-state index in [0.717, 1.165) is 18.4 Å². The van der Waals surface area contributed by atoms with E-state index in [-0.39, 0.29) is 36.5 Å². The van der Waals surface area contributed by atoms with Gasteiger partial charge < -0.3 is 21.1 Å². The maximum Gasteiger partial charge on any atom is 0.335 e. The first-order valence-corrected chi connectivity index (χ1v) is 8.68. The van der Waals surface area contributed by atoms with Crippen molar-refractivity contribution in [3.05, 3.63) is 35.4 Å². The van der Waals surface area contributed by atoms with Crippen molar-refractivity contribution in [2.45, 2.75) is 51.1 Å². The van der Waals surface area contributed by atoms with Gasteiger partial charge in [-0.25, -0.2) is 9.59 Å². The van der Waals surface area contributed by atoms with Crippen LogP contribution in [0.25, 0.3) is 0 Å². The molecular formula is C18H25N3O4. The lowest BCUT2D eigenvalue weighted by molar-refractivity contribution is -0.121. The van der Waals surface area contributed by atoms with Crippen LogP contribution in [0.3, 0.4) is 0 Å². The molecule has 7 heteroatoms. The molecule has 1 aromatic rings. The molecular weight excluding hydrogens is 322 g/mol. The number of carbonyl (C=O) groups is 3. The summed E-state index contributed by atoms with van der Waals surface area (Å²) in [7, 11) is 0. The van der Waals surface area contributed by atoms with Crippen molar-refractivity contribution in [1.82, 2.24) is 16.0 Å². The molecule has 0 bridgehead atoms. The lowest BCUT2D eigenvalue weighted by Crippen LogP contribution is -2.40. The summed E-state index contributed by atoms with van der Waals surface area (Å²) in [5, 5.41) is 17.2. The second kappa shape index (κ2) is 9.66. The Morgan fingerprint density at radius 2 is 1.68 bits per heavy atom. The third kappa shape index (κ3) is 6.82. The van der Waals surface area contributed by atoms with E-state index in [1.807, 2.05) is 0 Å². The SMILES string of the molecule is O=C(CCNC(=O)NCc1ccc(C(=O)O)cc1)NC1CCCCC1. The number of hydrogen-bond acceptors (Lipinski definition) is 3. The number of carboxylic acids is 1. The fourth-order valence-corrected chi connectivity index (χ4v) is 2.85. The topological polar surface area (TPSA) is 108 Å². The highest BCUT2D eigenvalue weighted by Crippen LogP contribution is 2.17. The highest BCUT2D eigenvalue weighted by molar-refractivity contribution is 5.87. The smallest absolute Gasteiger partial charge is 0.335 e. The molecule has 1 aliphatic rings. The average Bonchev–Trinajstić information content (AvgIpc) is 2.61. The summed E-state index contributed by atoms with van der Waals surface area (Å²) < 4.78 is 0. The van der Waals surface area contributed by atoms with E-state index in [1.165, 1.54) is 31.4 Å². The van der Waals surface area contributed by atoms with Crippen LogP contribution in [0.2, 0.25) is 0 Å². The minimum atomic E-state index is -0.983. The molecule has 3 amide bonds. The molecule has 25 heavy (non-hydrogen) atoms. The van der Waals surface area contributed by atoms with Gasteiger partial charge >= 0.3 is 12.0 Å². The quantitative estimate of drug-likeness (QED) is 0.605. The zero-order chi connectivity index (χ0) is 18.1. The maximum absolute atomic E-state index is 11.8. The van der Waals surface area contributed by atoms with Gasteiger partial charge in [-0.3, -0.25) is 4.79 Å². The van der Waals surface area contributed by atoms with Crippen LogP contribution in [0.15, 0.2) is 24.3 Å². The van der Waals surface area contributed by atoms with Crippen molar-refractivity contribution in [2.75, 3.05) is 6.54 Å². The minimum absolute atomic E-state index is 0.0311. The van der Waals surface area contributed by atoms with Crippen LogP contribution >= 0.6 is 0 Å². The lowest BCUT2D eigenvalue weighted by Gasteiger charge is -2.22. The van der Waals surface area contributed by atoms with E-state index in [4.69, 9.17) is 5.11 Å². The molecule has 0 heterocycles. The van der Waals surface area contributed by atoms with Crippen molar-refractivity contribution in [1.29, 1.82) is 0 Å². The number of aromatic carboxylic acids is 1. The van der Waals surface area contributed by atoms with Crippen LogP contribution in [0.1, 0.15) is 54.4 Å². The maximum atomic E-state index is 11.8. The Kier molecular flexibility index (Phi) is 7.25. The second-order valence-corrected chi connectivity index (χ2v) is 6.26. The predicted molar refractivity (Wildman–Crippen MR) is 93.3 cm³/mol. The predicted octanol–water partition coefficient (Wildman–Crippen LogP) is 2.02. The molecule has 136 valence electrons. The van der Waals surface area contributed by atoms with E-state index in [1.54, 1.807) is 12.1 Å². The van der Waals surface area contributed by atoms with Gasteiger partial charge in [0, 0.05) is 25.6 Å². The average molecular weight is 347 g/mol. The highest BCUT2D eigenvalue weighted by Gasteiger charge is 2.15. The van der Waals surface area contributed by atoms with Crippen molar-refractivity contribution >= 4 is 17.9 Å². The van der Waals surface area contributed by atoms with E-state index in [9.17, 15) is 14.4 Å². The number of hydrogen-bond donors (Lipinski definition) is 4. The normalized spacial score (nSPS) is 14.6. The van der Waals surface area contributed by atoms with Gasteiger partial charge in [0.05, 0.1) is 5.56 Å². The van der Waals surface area contributed by atoms with Crippen molar-refractivity contribution in [3.8, 4) is 0 Å². The second-order valence-electron chi connectivity index (χ2n) is 6.26. The summed E-state index contributed by atoms with van der Waals surface area (Å²) in [5.74, 6) is -1.01. The molecule has 1 aromatic carbocycles. The molecule has 4 N–H and O–H groups in total. The molecule has 0 radical (unpaired) electrons. The minimum Gasteiger partial charge on any atom is -0.478 e. The zero-order valence-corrected chi connectivity index (χ0v) is 14.2. The fourth-order valence-electron chi connectivity index (χ4n) is 2.85. The van der Waals surface area contributed by atoms with Crippen molar-refractivity contribution in [3.63, 3.8) is 0 Å². The van der Waals surface area contributed by atoms with Crippen LogP contribution in [-0.2, 0) is 11.3 Å². The summed E-state index contributed by atoms with van der Waals surface area (Å²) in [5.41, 5.74) is 1.01. The molecule has 0 saturated heterocycles.